The van der Waals surface area contributed by atoms with E-state index in [0.29, 0.717) is 22.8 Å². The molecular weight excluding hydrogens is 668 g/mol. The molecule has 0 spiro atoms. The van der Waals surface area contributed by atoms with E-state index in [1.165, 1.54) is 6.07 Å². The number of hydrogen-bond donors (Lipinski definition) is 1. The van der Waals surface area contributed by atoms with Crippen molar-refractivity contribution in [3.63, 3.8) is 0 Å². The molecule has 0 unspecified atom stereocenters. The van der Waals surface area contributed by atoms with Crippen LogP contribution in [0.15, 0.2) is 82.8 Å². The predicted octanol–water partition coefficient (Wildman–Crippen LogP) is 8.59. The highest BCUT2D eigenvalue weighted by molar-refractivity contribution is 8.00. The maximum Gasteiger partial charge on any atom is 0.344 e. The highest BCUT2D eigenvalue weighted by atomic mass is 35.5. The second kappa shape index (κ2) is 14.8. The van der Waals surface area contributed by atoms with Gasteiger partial charge in [0.25, 0.3) is 5.09 Å². The van der Waals surface area contributed by atoms with E-state index in [9.17, 15) is 14.9 Å². The molecule has 0 bridgehead atoms. The number of hydrogen-bond acceptors (Lipinski definition) is 9. The van der Waals surface area contributed by atoms with Gasteiger partial charge in [-0.15, -0.1) is 21.9 Å². The third kappa shape index (κ3) is 9.42. The topological polar surface area (TPSA) is 138 Å². The zero-order chi connectivity index (χ0) is 35.3. The first-order chi connectivity index (χ1) is 23.2. The largest absolute Gasteiger partial charge is 0.487 e. The standard InChI is InChI=1S/C36H37ClN4O7S/c1-35(2,3)49-34-28-17-27(46-20-26-13-11-23-8-6-7-9-29(23)39-26)14-15-30(28)40(19-24-10-12-25(37)16-32(24)48-41(44)45)31(34)18-36(4,5)22-38-47-21-33(42)43/h6-17,22H,18-21H2,1-5H3,(H,42,43)/b38-22+. The number of carboxylic acids is 1. The number of pyridine rings is 1. The van der Waals surface area contributed by atoms with Crippen LogP contribution in [0.4, 0.5) is 0 Å². The molecule has 5 aromatic rings. The summed E-state index contributed by atoms with van der Waals surface area (Å²) in [6, 6.07) is 22.6. The van der Waals surface area contributed by atoms with Gasteiger partial charge in [-0.25, -0.2) is 9.78 Å². The normalized spacial score (nSPS) is 12.1. The van der Waals surface area contributed by atoms with E-state index in [1.807, 2.05) is 68.4 Å². The van der Waals surface area contributed by atoms with Gasteiger partial charge in [0.05, 0.1) is 17.8 Å². The molecule has 3 aromatic carbocycles. The van der Waals surface area contributed by atoms with Gasteiger partial charge in [-0.05, 0) is 48.9 Å². The number of benzene rings is 3. The lowest BCUT2D eigenvalue weighted by atomic mass is 9.89. The molecule has 0 aliphatic rings. The van der Waals surface area contributed by atoms with Crippen LogP contribution in [-0.2, 0) is 29.2 Å². The van der Waals surface area contributed by atoms with Gasteiger partial charge in [-0.1, -0.05) is 81.7 Å². The van der Waals surface area contributed by atoms with Crippen molar-refractivity contribution < 1.29 is 29.4 Å². The van der Waals surface area contributed by atoms with Crippen molar-refractivity contribution in [2.75, 3.05) is 6.61 Å². The van der Waals surface area contributed by atoms with Crippen molar-refractivity contribution in [1.82, 2.24) is 9.55 Å². The molecule has 11 nitrogen and oxygen atoms in total. The molecule has 0 aliphatic heterocycles. The third-order valence-corrected chi connectivity index (χ3v) is 8.87. The van der Waals surface area contributed by atoms with Crippen LogP contribution >= 0.6 is 23.4 Å². The molecule has 0 radical (unpaired) electrons. The van der Waals surface area contributed by atoms with Crippen molar-refractivity contribution in [2.45, 2.75) is 63.8 Å². The highest BCUT2D eigenvalue weighted by Gasteiger charge is 2.28. The van der Waals surface area contributed by atoms with Crippen molar-refractivity contribution in [3.05, 3.63) is 105 Å². The number of para-hydroxylation sites is 1. The summed E-state index contributed by atoms with van der Waals surface area (Å²) in [4.78, 5) is 38.0. The second-order valence-corrected chi connectivity index (χ2v) is 15.4. The third-order valence-electron chi connectivity index (χ3n) is 7.36. The lowest BCUT2D eigenvalue weighted by Crippen LogP contribution is -2.21. The highest BCUT2D eigenvalue weighted by Crippen LogP contribution is 2.44. The Morgan fingerprint density at radius 1 is 1.08 bits per heavy atom. The molecule has 1 N–H and O–H groups in total. The molecule has 0 fully saturated rings. The van der Waals surface area contributed by atoms with E-state index in [1.54, 1.807) is 30.1 Å². The molecule has 49 heavy (non-hydrogen) atoms. The fourth-order valence-electron chi connectivity index (χ4n) is 5.31. The fourth-order valence-corrected chi connectivity index (χ4v) is 6.66. The number of oxime groups is 1. The lowest BCUT2D eigenvalue weighted by Gasteiger charge is -2.24. The molecule has 13 heteroatoms. The Hall–Kier alpha value is -4.81. The summed E-state index contributed by atoms with van der Waals surface area (Å²) in [5, 5.41) is 25.7. The zero-order valence-electron chi connectivity index (χ0n) is 27.8. The molecule has 2 aromatic heterocycles. The smallest absolute Gasteiger partial charge is 0.344 e. The molecule has 0 amide bonds. The van der Waals surface area contributed by atoms with Gasteiger partial charge in [0.15, 0.2) is 0 Å². The van der Waals surface area contributed by atoms with Crippen molar-refractivity contribution in [1.29, 1.82) is 0 Å². The summed E-state index contributed by atoms with van der Waals surface area (Å²) in [6.07, 6.45) is 2.06. The summed E-state index contributed by atoms with van der Waals surface area (Å²) in [5.74, 6) is -0.418. The number of rotatable bonds is 14. The van der Waals surface area contributed by atoms with E-state index in [0.717, 1.165) is 38.1 Å². The molecule has 2 heterocycles. The molecule has 0 saturated carbocycles. The number of carbonyl (C=O) groups is 1. The van der Waals surface area contributed by atoms with E-state index >= 15 is 0 Å². The van der Waals surface area contributed by atoms with Gasteiger partial charge >= 0.3 is 5.97 Å². The Balaban J connectivity index is 1.60. The van der Waals surface area contributed by atoms with Crippen LogP contribution in [0.2, 0.25) is 5.02 Å². The van der Waals surface area contributed by atoms with Crippen LogP contribution in [-0.4, -0.2) is 43.3 Å². The van der Waals surface area contributed by atoms with Gasteiger partial charge in [0.2, 0.25) is 6.61 Å². The first-order valence-corrected chi connectivity index (χ1v) is 16.7. The Morgan fingerprint density at radius 3 is 2.59 bits per heavy atom. The first-order valence-electron chi connectivity index (χ1n) is 15.5. The summed E-state index contributed by atoms with van der Waals surface area (Å²) in [7, 11) is 0. The Morgan fingerprint density at radius 2 is 1.86 bits per heavy atom. The number of fused-ring (bicyclic) bond motifs is 2. The number of halogens is 1. The quantitative estimate of drug-likeness (QED) is 0.0521. The summed E-state index contributed by atoms with van der Waals surface area (Å²) < 4.78 is 8.21. The van der Waals surface area contributed by atoms with Gasteiger partial charge in [-0.3, -0.25) is 4.84 Å². The Bertz CT molecular complexity index is 2040. The van der Waals surface area contributed by atoms with Crippen LogP contribution in [0, 0.1) is 15.5 Å². The zero-order valence-corrected chi connectivity index (χ0v) is 29.4. The van der Waals surface area contributed by atoms with Gasteiger partial charge < -0.3 is 19.2 Å². The molecular formula is C36H37ClN4O7S. The fraction of sp³-hybridized carbons (Fsp3) is 0.306. The first kappa shape index (κ1) is 35.5. The van der Waals surface area contributed by atoms with Crippen LogP contribution < -0.4 is 9.57 Å². The number of aliphatic carboxylic acids is 1. The van der Waals surface area contributed by atoms with E-state index in [4.69, 9.17) is 36.1 Å². The maximum atomic E-state index is 11.4. The molecule has 5 rings (SSSR count). The molecule has 0 saturated heterocycles. The van der Waals surface area contributed by atoms with Crippen LogP contribution in [0.25, 0.3) is 21.8 Å². The summed E-state index contributed by atoms with van der Waals surface area (Å²) in [5.41, 5.74) is 3.50. The summed E-state index contributed by atoms with van der Waals surface area (Å²) >= 11 is 7.90. The van der Waals surface area contributed by atoms with Crippen LogP contribution in [0.1, 0.15) is 51.6 Å². The number of ether oxygens (including phenoxy) is 1. The van der Waals surface area contributed by atoms with Crippen molar-refractivity contribution in [3.8, 4) is 11.5 Å². The van der Waals surface area contributed by atoms with Gasteiger partial charge in [0, 0.05) is 53.8 Å². The van der Waals surface area contributed by atoms with E-state index in [-0.39, 0.29) is 23.6 Å². The van der Waals surface area contributed by atoms with E-state index in [2.05, 4.69) is 30.5 Å². The lowest BCUT2D eigenvalue weighted by molar-refractivity contribution is -0.711. The molecule has 0 aliphatic carbocycles. The van der Waals surface area contributed by atoms with Crippen molar-refractivity contribution >= 4 is 57.4 Å². The Kier molecular flexibility index (Phi) is 10.7. The van der Waals surface area contributed by atoms with Gasteiger partial charge in [0.1, 0.15) is 18.1 Å². The van der Waals surface area contributed by atoms with Gasteiger partial charge in [-0.2, -0.15) is 0 Å². The predicted molar refractivity (Wildman–Crippen MR) is 191 cm³/mol. The SMILES string of the molecule is CC(C)(/C=N/OCC(=O)O)Cc1c(SC(C)(C)C)c2cc(OCc3ccc4ccccc4n3)ccc2n1Cc1ccc(Cl)cc1O[N+](=O)[O-]. The molecule has 256 valence electrons. The average molecular weight is 705 g/mol. The summed E-state index contributed by atoms with van der Waals surface area (Å²) in [6.45, 7) is 10.3. The van der Waals surface area contributed by atoms with E-state index < -0.39 is 23.1 Å². The van der Waals surface area contributed by atoms with Crippen LogP contribution in [0.5, 0.6) is 11.5 Å². The minimum Gasteiger partial charge on any atom is -0.487 e. The average Bonchev–Trinajstić information content (AvgIpc) is 3.28. The number of nitrogens with zero attached hydrogens (tertiary/aromatic N) is 4. The number of thioether (sulfide) groups is 1. The number of aromatic nitrogens is 2. The molecule has 0 atom stereocenters. The Labute approximate surface area is 292 Å². The number of carboxylic acid groups (broad SMARTS) is 1. The minimum atomic E-state index is -1.12. The van der Waals surface area contributed by atoms with Crippen LogP contribution in [0.3, 0.4) is 0 Å². The minimum absolute atomic E-state index is 0.0426. The van der Waals surface area contributed by atoms with Crippen molar-refractivity contribution in [2.24, 2.45) is 10.6 Å². The monoisotopic (exact) mass is 704 g/mol. The maximum absolute atomic E-state index is 11.4. The second-order valence-electron chi connectivity index (χ2n) is 13.2.